The van der Waals surface area contributed by atoms with Gasteiger partial charge in [-0.1, -0.05) is 29.8 Å². The molecule has 4 heteroatoms. The number of carbonyl (C=O) groups is 1. The van der Waals surface area contributed by atoms with E-state index in [0.29, 0.717) is 5.41 Å². The van der Waals surface area contributed by atoms with E-state index in [2.05, 4.69) is 36.1 Å². The van der Waals surface area contributed by atoms with Crippen LogP contribution in [-0.2, 0) is 4.74 Å². The highest BCUT2D eigenvalue weighted by Crippen LogP contribution is 2.51. The van der Waals surface area contributed by atoms with Gasteiger partial charge in [0.25, 0.3) is 0 Å². The highest BCUT2D eigenvalue weighted by molar-refractivity contribution is 5.68. The topological polar surface area (TPSA) is 32.8 Å². The summed E-state index contributed by atoms with van der Waals surface area (Å²) in [6, 6.07) is 9.92. The number of aryl methyl sites for hydroxylation is 1. The van der Waals surface area contributed by atoms with Crippen molar-refractivity contribution in [3.63, 3.8) is 0 Å². The van der Waals surface area contributed by atoms with Gasteiger partial charge in [0.1, 0.15) is 5.60 Å². The van der Waals surface area contributed by atoms with Crippen LogP contribution in [0.1, 0.15) is 76.3 Å². The summed E-state index contributed by atoms with van der Waals surface area (Å²) in [5.41, 5.74) is 2.95. The van der Waals surface area contributed by atoms with Crippen molar-refractivity contribution in [2.45, 2.75) is 83.8 Å². The Morgan fingerprint density at radius 1 is 1.00 bits per heavy atom. The Kier molecular flexibility index (Phi) is 5.67. The molecule has 2 aliphatic heterocycles. The lowest BCUT2D eigenvalue weighted by atomic mass is 9.59. The molecule has 1 spiro atoms. The zero-order valence-electron chi connectivity index (χ0n) is 18.7. The highest BCUT2D eigenvalue weighted by Gasteiger charge is 2.48. The summed E-state index contributed by atoms with van der Waals surface area (Å²) in [6.07, 6.45) is 7.37. The van der Waals surface area contributed by atoms with E-state index in [0.717, 1.165) is 37.9 Å². The van der Waals surface area contributed by atoms with Gasteiger partial charge >= 0.3 is 6.09 Å². The van der Waals surface area contributed by atoms with Gasteiger partial charge in [0, 0.05) is 19.1 Å². The van der Waals surface area contributed by atoms with Crippen LogP contribution < -0.4 is 0 Å². The highest BCUT2D eigenvalue weighted by atomic mass is 16.6. The number of carbonyl (C=O) groups excluding carboxylic acids is 1. The first-order valence-corrected chi connectivity index (χ1v) is 11.5. The Balaban J connectivity index is 1.21. The minimum absolute atomic E-state index is 0.138. The standard InChI is InChI=1S/C25H38N2O2/c1-19-5-7-20(8-6-19)21-9-13-26(14-10-21)22-17-25(18-22)11-15-27(16-12-25)23(28)29-24(2,3)4/h5-8,21-22H,9-18H2,1-4H3. The van der Waals surface area contributed by atoms with E-state index in [9.17, 15) is 4.79 Å². The number of likely N-dealkylation sites (tertiary alicyclic amines) is 2. The average molecular weight is 399 g/mol. The van der Waals surface area contributed by atoms with Gasteiger partial charge < -0.3 is 14.5 Å². The number of piperidine rings is 2. The van der Waals surface area contributed by atoms with E-state index in [1.165, 1.54) is 49.9 Å². The lowest BCUT2D eigenvalue weighted by Gasteiger charge is -2.56. The monoisotopic (exact) mass is 398 g/mol. The molecule has 0 atom stereocenters. The normalized spacial score (nSPS) is 23.8. The van der Waals surface area contributed by atoms with Crippen molar-refractivity contribution in [2.75, 3.05) is 26.2 Å². The van der Waals surface area contributed by atoms with Gasteiger partial charge in [0.2, 0.25) is 0 Å². The molecule has 0 radical (unpaired) electrons. The molecular formula is C25H38N2O2. The van der Waals surface area contributed by atoms with E-state index >= 15 is 0 Å². The summed E-state index contributed by atoms with van der Waals surface area (Å²) in [7, 11) is 0. The second-order valence-electron chi connectivity index (χ2n) is 10.8. The predicted octanol–water partition coefficient (Wildman–Crippen LogP) is 5.35. The van der Waals surface area contributed by atoms with Crippen molar-refractivity contribution in [3.8, 4) is 0 Å². The fourth-order valence-corrected chi connectivity index (χ4v) is 5.53. The van der Waals surface area contributed by atoms with Crippen LogP contribution in [-0.4, -0.2) is 53.7 Å². The van der Waals surface area contributed by atoms with Crippen molar-refractivity contribution < 1.29 is 9.53 Å². The summed E-state index contributed by atoms with van der Waals surface area (Å²) >= 11 is 0. The Bertz CT molecular complexity index is 697. The molecule has 0 aromatic heterocycles. The summed E-state index contributed by atoms with van der Waals surface area (Å²) in [4.78, 5) is 17.0. The van der Waals surface area contributed by atoms with E-state index in [1.54, 1.807) is 0 Å². The molecule has 1 aliphatic carbocycles. The van der Waals surface area contributed by atoms with Crippen LogP contribution in [0.2, 0.25) is 0 Å². The Hall–Kier alpha value is -1.55. The average Bonchev–Trinajstić information content (AvgIpc) is 2.66. The predicted molar refractivity (Wildman–Crippen MR) is 117 cm³/mol. The Morgan fingerprint density at radius 2 is 1.59 bits per heavy atom. The molecule has 4 nitrogen and oxygen atoms in total. The van der Waals surface area contributed by atoms with E-state index in [4.69, 9.17) is 4.74 Å². The molecule has 160 valence electrons. The van der Waals surface area contributed by atoms with Gasteiger partial charge in [-0.3, -0.25) is 0 Å². The third-order valence-corrected chi connectivity index (χ3v) is 7.41. The molecule has 29 heavy (non-hydrogen) atoms. The second-order valence-corrected chi connectivity index (χ2v) is 10.8. The minimum atomic E-state index is -0.404. The number of hydrogen-bond donors (Lipinski definition) is 0. The van der Waals surface area contributed by atoms with Crippen LogP contribution in [0.4, 0.5) is 4.79 Å². The molecule has 3 aliphatic rings. The van der Waals surface area contributed by atoms with Crippen LogP contribution in [0.25, 0.3) is 0 Å². The van der Waals surface area contributed by atoms with Gasteiger partial charge in [0.05, 0.1) is 0 Å². The lowest BCUT2D eigenvalue weighted by molar-refractivity contribution is -0.0530. The van der Waals surface area contributed by atoms with Crippen molar-refractivity contribution in [3.05, 3.63) is 35.4 Å². The maximum Gasteiger partial charge on any atom is 0.410 e. The van der Waals surface area contributed by atoms with Gasteiger partial charge in [-0.2, -0.15) is 0 Å². The summed E-state index contributed by atoms with van der Waals surface area (Å²) in [5.74, 6) is 0.734. The SMILES string of the molecule is Cc1ccc(C2CCN(C3CC4(CCN(C(=O)OC(C)(C)C)CC4)C3)CC2)cc1. The fraction of sp³-hybridized carbons (Fsp3) is 0.720. The van der Waals surface area contributed by atoms with Crippen molar-refractivity contribution in [2.24, 2.45) is 5.41 Å². The van der Waals surface area contributed by atoms with Crippen molar-refractivity contribution >= 4 is 6.09 Å². The Morgan fingerprint density at radius 3 is 2.14 bits per heavy atom. The van der Waals surface area contributed by atoms with Gasteiger partial charge in [-0.25, -0.2) is 4.79 Å². The van der Waals surface area contributed by atoms with E-state index < -0.39 is 5.60 Å². The molecule has 0 N–H and O–H groups in total. The first kappa shape index (κ1) is 20.7. The molecule has 4 rings (SSSR count). The largest absolute Gasteiger partial charge is 0.444 e. The maximum atomic E-state index is 12.3. The Labute approximate surface area is 176 Å². The van der Waals surface area contributed by atoms with Crippen LogP contribution in [0, 0.1) is 12.3 Å². The quantitative estimate of drug-likeness (QED) is 0.673. The van der Waals surface area contributed by atoms with Crippen LogP contribution in [0.3, 0.4) is 0 Å². The van der Waals surface area contributed by atoms with Crippen LogP contribution in [0.5, 0.6) is 0 Å². The molecular weight excluding hydrogens is 360 g/mol. The molecule has 1 aromatic rings. The lowest BCUT2D eigenvalue weighted by Crippen LogP contribution is -2.57. The number of nitrogens with zero attached hydrogens (tertiary/aromatic N) is 2. The second kappa shape index (κ2) is 7.94. The number of amides is 1. The number of ether oxygens (including phenoxy) is 1. The molecule has 1 saturated carbocycles. The van der Waals surface area contributed by atoms with Crippen LogP contribution >= 0.6 is 0 Å². The zero-order valence-corrected chi connectivity index (χ0v) is 18.7. The van der Waals surface area contributed by atoms with Crippen LogP contribution in [0.15, 0.2) is 24.3 Å². The summed E-state index contributed by atoms with van der Waals surface area (Å²) in [5, 5.41) is 0. The number of rotatable bonds is 2. The van der Waals surface area contributed by atoms with Gasteiger partial charge in [0.15, 0.2) is 0 Å². The molecule has 0 bridgehead atoms. The summed E-state index contributed by atoms with van der Waals surface area (Å²) in [6.45, 7) is 12.2. The minimum Gasteiger partial charge on any atom is -0.444 e. The molecule has 0 unspecified atom stereocenters. The fourth-order valence-electron chi connectivity index (χ4n) is 5.53. The van der Waals surface area contributed by atoms with Crippen molar-refractivity contribution in [1.82, 2.24) is 9.80 Å². The maximum absolute atomic E-state index is 12.3. The molecule has 1 aromatic carbocycles. The van der Waals surface area contributed by atoms with Gasteiger partial charge in [-0.05, 0) is 96.2 Å². The number of benzene rings is 1. The number of hydrogen-bond acceptors (Lipinski definition) is 3. The molecule has 1 amide bonds. The van der Waals surface area contributed by atoms with Gasteiger partial charge in [-0.15, -0.1) is 0 Å². The first-order chi connectivity index (χ1) is 13.7. The zero-order chi connectivity index (χ0) is 20.6. The molecule has 2 saturated heterocycles. The van der Waals surface area contributed by atoms with E-state index in [1.807, 2.05) is 25.7 Å². The third kappa shape index (κ3) is 4.79. The third-order valence-electron chi connectivity index (χ3n) is 7.41. The smallest absolute Gasteiger partial charge is 0.410 e. The summed E-state index contributed by atoms with van der Waals surface area (Å²) < 4.78 is 5.55. The van der Waals surface area contributed by atoms with Crippen molar-refractivity contribution in [1.29, 1.82) is 0 Å². The first-order valence-electron chi connectivity index (χ1n) is 11.5. The molecule has 2 heterocycles. The molecule has 3 fully saturated rings. The van der Waals surface area contributed by atoms with E-state index in [-0.39, 0.29) is 6.09 Å².